The summed E-state index contributed by atoms with van der Waals surface area (Å²) >= 11 is 7.06. The molecule has 1 fully saturated rings. The molecule has 1 aliphatic rings. The first kappa shape index (κ1) is 13.2. The molecular formula is C16H15Br2N. The zero-order valence-electron chi connectivity index (χ0n) is 10.4. The van der Waals surface area contributed by atoms with Crippen LogP contribution < -0.4 is 5.32 Å². The van der Waals surface area contributed by atoms with Crippen LogP contribution in [0.5, 0.6) is 0 Å². The van der Waals surface area contributed by atoms with Gasteiger partial charge in [-0.3, -0.25) is 0 Å². The van der Waals surface area contributed by atoms with Crippen molar-refractivity contribution in [2.24, 2.45) is 0 Å². The zero-order chi connectivity index (χ0) is 13.2. The second kappa shape index (κ2) is 5.68. The highest BCUT2D eigenvalue weighted by atomic mass is 79.9. The predicted octanol–water partition coefficient (Wildman–Crippen LogP) is 5.57. The monoisotopic (exact) mass is 379 g/mol. The maximum absolute atomic E-state index is 3.60. The first-order chi connectivity index (χ1) is 9.22. The topological polar surface area (TPSA) is 12.0 Å². The van der Waals surface area contributed by atoms with Gasteiger partial charge in [-0.25, -0.2) is 0 Å². The van der Waals surface area contributed by atoms with E-state index in [4.69, 9.17) is 0 Å². The minimum Gasteiger partial charge on any atom is -0.381 e. The first-order valence-electron chi connectivity index (χ1n) is 6.49. The van der Waals surface area contributed by atoms with Gasteiger partial charge in [0, 0.05) is 20.7 Å². The molecule has 0 atom stereocenters. The molecule has 1 nitrogen and oxygen atoms in total. The van der Waals surface area contributed by atoms with E-state index in [1.54, 1.807) is 0 Å². The fraction of sp³-hybridized carbons (Fsp3) is 0.250. The molecule has 1 saturated carbocycles. The second-order valence-electron chi connectivity index (χ2n) is 5.04. The van der Waals surface area contributed by atoms with E-state index >= 15 is 0 Å². The van der Waals surface area contributed by atoms with Crippen LogP contribution in [0.3, 0.4) is 0 Å². The van der Waals surface area contributed by atoms with Gasteiger partial charge in [0.1, 0.15) is 0 Å². The number of anilines is 1. The van der Waals surface area contributed by atoms with Gasteiger partial charge in [0.2, 0.25) is 0 Å². The lowest BCUT2D eigenvalue weighted by Crippen LogP contribution is -2.34. The third-order valence-corrected chi connectivity index (χ3v) is 4.93. The molecule has 98 valence electrons. The van der Waals surface area contributed by atoms with Crippen LogP contribution in [0.2, 0.25) is 0 Å². The molecule has 2 aromatic rings. The molecular weight excluding hydrogens is 366 g/mol. The highest BCUT2D eigenvalue weighted by Gasteiger charge is 2.30. The predicted molar refractivity (Wildman–Crippen MR) is 87.7 cm³/mol. The number of benzene rings is 2. The molecule has 0 bridgehead atoms. The van der Waals surface area contributed by atoms with Crippen molar-refractivity contribution in [2.75, 3.05) is 5.32 Å². The van der Waals surface area contributed by atoms with Crippen LogP contribution in [0.1, 0.15) is 24.3 Å². The first-order valence-corrected chi connectivity index (χ1v) is 8.07. The Kier molecular flexibility index (Phi) is 3.94. The van der Waals surface area contributed by atoms with Crippen molar-refractivity contribution in [2.45, 2.75) is 24.8 Å². The van der Waals surface area contributed by atoms with E-state index in [0.29, 0.717) is 12.0 Å². The summed E-state index contributed by atoms with van der Waals surface area (Å²) in [6, 6.07) is 17.6. The molecule has 0 unspecified atom stereocenters. The molecule has 19 heavy (non-hydrogen) atoms. The fourth-order valence-electron chi connectivity index (χ4n) is 2.54. The van der Waals surface area contributed by atoms with E-state index in [1.165, 1.54) is 24.1 Å². The van der Waals surface area contributed by atoms with Crippen LogP contribution in [-0.4, -0.2) is 6.04 Å². The highest BCUT2D eigenvalue weighted by Crippen LogP contribution is 2.39. The molecule has 0 amide bonds. The highest BCUT2D eigenvalue weighted by molar-refractivity contribution is 9.10. The van der Waals surface area contributed by atoms with Crippen molar-refractivity contribution in [3.63, 3.8) is 0 Å². The SMILES string of the molecule is Brc1ccc(C2CC(Nc3ccccc3Br)C2)cc1. The van der Waals surface area contributed by atoms with Crippen LogP contribution in [0.25, 0.3) is 0 Å². The number of para-hydroxylation sites is 1. The van der Waals surface area contributed by atoms with E-state index in [-0.39, 0.29) is 0 Å². The third kappa shape index (κ3) is 3.03. The number of hydrogen-bond donors (Lipinski definition) is 1. The Morgan fingerprint density at radius 3 is 2.26 bits per heavy atom. The number of rotatable bonds is 3. The fourth-order valence-corrected chi connectivity index (χ4v) is 3.20. The Morgan fingerprint density at radius 2 is 1.58 bits per heavy atom. The van der Waals surface area contributed by atoms with Gasteiger partial charge in [0.15, 0.2) is 0 Å². The van der Waals surface area contributed by atoms with Crippen LogP contribution >= 0.6 is 31.9 Å². The van der Waals surface area contributed by atoms with Crippen molar-refractivity contribution in [1.82, 2.24) is 0 Å². The zero-order valence-corrected chi connectivity index (χ0v) is 13.6. The minimum atomic E-state index is 0.590. The summed E-state index contributed by atoms with van der Waals surface area (Å²) in [5, 5.41) is 3.60. The van der Waals surface area contributed by atoms with Gasteiger partial charge < -0.3 is 5.32 Å². The summed E-state index contributed by atoms with van der Waals surface area (Å²) in [6.45, 7) is 0. The molecule has 3 heteroatoms. The maximum Gasteiger partial charge on any atom is 0.0486 e. The van der Waals surface area contributed by atoms with Crippen LogP contribution in [0, 0.1) is 0 Å². The maximum atomic E-state index is 3.60. The van der Waals surface area contributed by atoms with Crippen molar-refractivity contribution >= 4 is 37.5 Å². The Hall–Kier alpha value is -0.800. The summed E-state index contributed by atoms with van der Waals surface area (Å²) < 4.78 is 2.29. The van der Waals surface area contributed by atoms with E-state index in [9.17, 15) is 0 Å². The van der Waals surface area contributed by atoms with E-state index in [2.05, 4.69) is 79.6 Å². The normalized spacial score (nSPS) is 21.8. The second-order valence-corrected chi connectivity index (χ2v) is 6.81. The van der Waals surface area contributed by atoms with Gasteiger partial charge in [0.25, 0.3) is 0 Å². The van der Waals surface area contributed by atoms with Crippen molar-refractivity contribution < 1.29 is 0 Å². The summed E-state index contributed by atoms with van der Waals surface area (Å²) in [5.74, 6) is 0.702. The molecule has 1 aliphatic carbocycles. The summed E-state index contributed by atoms with van der Waals surface area (Å²) in [7, 11) is 0. The van der Waals surface area contributed by atoms with Crippen LogP contribution in [0.4, 0.5) is 5.69 Å². The Labute approximate surface area is 130 Å². The van der Waals surface area contributed by atoms with E-state index < -0.39 is 0 Å². The van der Waals surface area contributed by atoms with Gasteiger partial charge >= 0.3 is 0 Å². The quantitative estimate of drug-likeness (QED) is 0.733. The minimum absolute atomic E-state index is 0.590. The summed E-state index contributed by atoms with van der Waals surface area (Å²) in [5.41, 5.74) is 2.65. The molecule has 3 rings (SSSR count). The molecule has 2 aromatic carbocycles. The molecule has 0 radical (unpaired) electrons. The van der Waals surface area contributed by atoms with Gasteiger partial charge in [-0.15, -0.1) is 0 Å². The van der Waals surface area contributed by atoms with E-state index in [1.807, 2.05) is 6.07 Å². The summed E-state index contributed by atoms with van der Waals surface area (Å²) in [4.78, 5) is 0. The number of nitrogens with one attached hydrogen (secondary N) is 1. The molecule has 0 saturated heterocycles. The third-order valence-electron chi connectivity index (χ3n) is 3.71. The van der Waals surface area contributed by atoms with Crippen molar-refractivity contribution in [1.29, 1.82) is 0 Å². The van der Waals surface area contributed by atoms with Gasteiger partial charge in [-0.1, -0.05) is 40.2 Å². The number of hydrogen-bond acceptors (Lipinski definition) is 1. The van der Waals surface area contributed by atoms with Crippen molar-refractivity contribution in [3.8, 4) is 0 Å². The Morgan fingerprint density at radius 1 is 0.895 bits per heavy atom. The molecule has 0 aliphatic heterocycles. The van der Waals surface area contributed by atoms with Crippen molar-refractivity contribution in [3.05, 3.63) is 63.0 Å². The Bertz CT molecular complexity index is 559. The van der Waals surface area contributed by atoms with Gasteiger partial charge in [-0.2, -0.15) is 0 Å². The standard InChI is InChI=1S/C16H15Br2N/c17-13-7-5-11(6-8-13)12-9-14(10-12)19-16-4-2-1-3-15(16)18/h1-8,12,14,19H,9-10H2. The average Bonchev–Trinajstić information content (AvgIpc) is 2.37. The van der Waals surface area contributed by atoms with Crippen LogP contribution in [-0.2, 0) is 0 Å². The lowest BCUT2D eigenvalue weighted by Gasteiger charge is -2.37. The molecule has 0 spiro atoms. The largest absolute Gasteiger partial charge is 0.381 e. The lowest BCUT2D eigenvalue weighted by molar-refractivity contribution is 0.374. The molecule has 0 heterocycles. The summed E-state index contributed by atoms with van der Waals surface area (Å²) in [6.07, 6.45) is 2.42. The lowest BCUT2D eigenvalue weighted by atomic mass is 9.76. The van der Waals surface area contributed by atoms with Crippen LogP contribution in [0.15, 0.2) is 57.5 Å². The smallest absolute Gasteiger partial charge is 0.0486 e. The van der Waals surface area contributed by atoms with E-state index in [0.717, 1.165) is 8.95 Å². The number of halogens is 2. The molecule has 1 N–H and O–H groups in total. The average molecular weight is 381 g/mol. The van der Waals surface area contributed by atoms with Gasteiger partial charge in [-0.05, 0) is 64.5 Å². The van der Waals surface area contributed by atoms with Gasteiger partial charge in [0.05, 0.1) is 0 Å². The Balaban J connectivity index is 1.58. The molecule has 0 aromatic heterocycles.